The van der Waals surface area contributed by atoms with Crippen LogP contribution in [0.2, 0.25) is 0 Å². The summed E-state index contributed by atoms with van der Waals surface area (Å²) in [4.78, 5) is 13.5. The van der Waals surface area contributed by atoms with Crippen molar-refractivity contribution < 1.29 is 89.4 Å². The molecule has 626 valence electrons. The van der Waals surface area contributed by atoms with Gasteiger partial charge in [-0.1, -0.05) is 357 Å². The minimum Gasteiger partial charge on any atom is -0.394 e. The van der Waals surface area contributed by atoms with Gasteiger partial charge in [-0.05, 0) is 57.8 Å². The molecule has 107 heavy (non-hydrogen) atoms. The van der Waals surface area contributed by atoms with E-state index in [-0.39, 0.29) is 18.9 Å². The summed E-state index contributed by atoms with van der Waals surface area (Å²) < 4.78 is 34.6. The Balaban J connectivity index is 1.33. The number of carbonyl (C=O) groups excluding carboxylic acids is 1. The Kier molecular flexibility index (Phi) is 62.7. The van der Waals surface area contributed by atoms with Gasteiger partial charge in [0.25, 0.3) is 0 Å². The van der Waals surface area contributed by atoms with Crippen molar-refractivity contribution in [2.75, 3.05) is 26.4 Å². The molecular formula is C88H161NO18. The first-order chi connectivity index (χ1) is 52.3. The Morgan fingerprint density at radius 3 is 1.01 bits per heavy atom. The number of aliphatic hydroxyl groups is 11. The summed E-state index contributed by atoms with van der Waals surface area (Å²) in [6.07, 6.45) is 61.8. The lowest BCUT2D eigenvalue weighted by Gasteiger charge is -2.48. The van der Waals surface area contributed by atoms with E-state index < -0.39 is 124 Å². The number of ether oxygens (including phenoxy) is 6. The Labute approximate surface area is 649 Å². The summed E-state index contributed by atoms with van der Waals surface area (Å²) in [5.41, 5.74) is 0. The standard InChI is InChI=1S/C88H161NO18/c1-3-5-7-9-11-13-15-17-19-21-23-25-27-29-31-33-35-37-39-41-43-45-47-49-51-53-55-57-59-61-63-65-72(93)71(89-76(94)66-64-62-60-58-56-54-52-50-48-46-44-42-40-38-36-34-32-30-28-26-24-22-20-18-16-14-12-10-8-6-4-2)70-102-86-82(100)79(97)84(74(68-91)104-86)107-88-83(101)80(98)85(75(69-92)105-88)106-87-81(99)78(96)77(95)73(67-90)103-87/h6,8,12,14,18,20,24,26,30,32,71-75,77-88,90-93,95-101H,3-5,7,9-11,13,15-17,19,21-23,25,27-29,31,33-70H2,1-2H3,(H,89,94)/b8-6-,14-12-,20-18-,26-24-,32-30-. The second-order valence-corrected chi connectivity index (χ2v) is 31.3. The van der Waals surface area contributed by atoms with Crippen molar-refractivity contribution in [1.82, 2.24) is 5.32 Å². The average Bonchev–Trinajstić information content (AvgIpc) is 0.780. The Morgan fingerprint density at radius 2 is 0.645 bits per heavy atom. The molecule has 1 amide bonds. The van der Waals surface area contributed by atoms with Crippen LogP contribution in [-0.2, 0) is 33.2 Å². The van der Waals surface area contributed by atoms with Crippen LogP contribution >= 0.6 is 0 Å². The van der Waals surface area contributed by atoms with E-state index in [1.807, 2.05) is 0 Å². The van der Waals surface area contributed by atoms with E-state index in [1.165, 1.54) is 250 Å². The van der Waals surface area contributed by atoms with Crippen LogP contribution in [0.25, 0.3) is 0 Å². The molecule has 17 atom stereocenters. The summed E-state index contributed by atoms with van der Waals surface area (Å²) in [6, 6.07) is -0.892. The number of nitrogens with one attached hydrogen (secondary N) is 1. The molecule has 0 aliphatic carbocycles. The largest absolute Gasteiger partial charge is 0.394 e. The van der Waals surface area contributed by atoms with Crippen LogP contribution in [0, 0.1) is 0 Å². The average molecular weight is 1520 g/mol. The summed E-state index contributed by atoms with van der Waals surface area (Å²) in [5.74, 6) is -0.239. The van der Waals surface area contributed by atoms with Gasteiger partial charge in [0.15, 0.2) is 18.9 Å². The van der Waals surface area contributed by atoms with E-state index in [9.17, 15) is 61.0 Å². The smallest absolute Gasteiger partial charge is 0.220 e. The number of allylic oxidation sites excluding steroid dienone is 10. The molecule has 3 aliphatic heterocycles. The van der Waals surface area contributed by atoms with E-state index in [4.69, 9.17) is 28.4 Å². The van der Waals surface area contributed by atoms with Gasteiger partial charge in [-0.3, -0.25) is 4.79 Å². The highest BCUT2D eigenvalue weighted by Crippen LogP contribution is 2.34. The van der Waals surface area contributed by atoms with Crippen molar-refractivity contribution in [1.29, 1.82) is 0 Å². The van der Waals surface area contributed by atoms with E-state index in [2.05, 4.69) is 79.9 Å². The fourth-order valence-corrected chi connectivity index (χ4v) is 14.9. The van der Waals surface area contributed by atoms with Gasteiger partial charge in [0.1, 0.15) is 73.2 Å². The van der Waals surface area contributed by atoms with Gasteiger partial charge < -0.3 is 89.9 Å². The molecule has 3 saturated heterocycles. The fourth-order valence-electron chi connectivity index (χ4n) is 14.9. The van der Waals surface area contributed by atoms with Gasteiger partial charge in [-0.2, -0.15) is 0 Å². The second-order valence-electron chi connectivity index (χ2n) is 31.3. The molecule has 17 unspecified atom stereocenters. The molecule has 0 aromatic rings. The zero-order valence-corrected chi connectivity index (χ0v) is 67.4. The molecule has 19 heteroatoms. The Hall–Kier alpha value is -2.51. The molecular weight excluding hydrogens is 1360 g/mol. The van der Waals surface area contributed by atoms with Crippen LogP contribution in [-0.4, -0.2) is 193 Å². The molecule has 19 nitrogen and oxygen atoms in total. The molecule has 0 bridgehead atoms. The van der Waals surface area contributed by atoms with Crippen LogP contribution in [0.4, 0.5) is 0 Å². The molecule has 0 aromatic heterocycles. The minimum absolute atomic E-state index is 0.239. The molecule has 3 aliphatic rings. The SMILES string of the molecule is CC/C=C\C/C=C\C/C=C\C/C=C\C/C=C\CCCCCCCCCCCCCCCCCC(=O)NC(COC1OC(CO)C(OC2OC(CO)C(OC3OC(CO)C(O)C(O)C3O)C(O)C2O)C(O)C1O)C(O)CCCCCCCCCCCCCCCCCCCCCCCCCCCCCCCCC. The van der Waals surface area contributed by atoms with E-state index >= 15 is 0 Å². The fraction of sp³-hybridized carbons (Fsp3) is 0.875. The third-order valence-electron chi connectivity index (χ3n) is 21.9. The van der Waals surface area contributed by atoms with E-state index in [1.54, 1.807) is 0 Å². The van der Waals surface area contributed by atoms with E-state index in [0.717, 1.165) is 77.0 Å². The third-order valence-corrected chi connectivity index (χ3v) is 21.9. The summed E-state index contributed by atoms with van der Waals surface area (Å²) in [6.45, 7) is 1.74. The molecule has 3 heterocycles. The Morgan fingerprint density at radius 1 is 0.346 bits per heavy atom. The van der Waals surface area contributed by atoms with Gasteiger partial charge in [0, 0.05) is 6.42 Å². The second kappa shape index (κ2) is 67.9. The van der Waals surface area contributed by atoms with Crippen molar-refractivity contribution in [3.05, 3.63) is 60.8 Å². The van der Waals surface area contributed by atoms with Crippen molar-refractivity contribution in [3.8, 4) is 0 Å². The lowest BCUT2D eigenvalue weighted by atomic mass is 9.96. The van der Waals surface area contributed by atoms with Crippen LogP contribution in [0.5, 0.6) is 0 Å². The number of aliphatic hydroxyl groups excluding tert-OH is 11. The topological polar surface area (TPSA) is 307 Å². The van der Waals surface area contributed by atoms with Gasteiger partial charge in [-0.25, -0.2) is 0 Å². The zero-order valence-electron chi connectivity index (χ0n) is 67.4. The number of amides is 1. The molecule has 0 spiro atoms. The predicted octanol–water partition coefficient (Wildman–Crippen LogP) is 16.2. The maximum absolute atomic E-state index is 13.5. The first-order valence-corrected chi connectivity index (χ1v) is 44.0. The van der Waals surface area contributed by atoms with Gasteiger partial charge in [0.2, 0.25) is 5.91 Å². The molecule has 0 aromatic carbocycles. The highest BCUT2D eigenvalue weighted by atomic mass is 16.8. The highest BCUT2D eigenvalue weighted by Gasteiger charge is 2.54. The summed E-state index contributed by atoms with van der Waals surface area (Å²) in [5, 5.41) is 121. The van der Waals surface area contributed by atoms with Crippen LogP contribution in [0.15, 0.2) is 60.8 Å². The van der Waals surface area contributed by atoms with Gasteiger partial charge in [0.05, 0.1) is 38.6 Å². The quantitative estimate of drug-likeness (QED) is 0.0199. The number of unbranched alkanes of at least 4 members (excludes halogenated alkanes) is 45. The van der Waals surface area contributed by atoms with Crippen LogP contribution in [0.3, 0.4) is 0 Å². The van der Waals surface area contributed by atoms with Crippen molar-refractivity contribution in [2.45, 2.75) is 465 Å². The minimum atomic E-state index is -1.97. The predicted molar refractivity (Wildman–Crippen MR) is 429 cm³/mol. The number of carbonyl (C=O) groups is 1. The van der Waals surface area contributed by atoms with Crippen LogP contribution < -0.4 is 5.32 Å². The summed E-state index contributed by atoms with van der Waals surface area (Å²) >= 11 is 0. The molecule has 3 rings (SSSR count). The Bertz CT molecular complexity index is 2160. The monoisotopic (exact) mass is 1520 g/mol. The molecule has 0 radical (unpaired) electrons. The maximum atomic E-state index is 13.5. The lowest BCUT2D eigenvalue weighted by Crippen LogP contribution is -2.66. The first-order valence-electron chi connectivity index (χ1n) is 44.0. The maximum Gasteiger partial charge on any atom is 0.220 e. The zero-order chi connectivity index (χ0) is 77.4. The van der Waals surface area contributed by atoms with Crippen molar-refractivity contribution in [3.63, 3.8) is 0 Å². The van der Waals surface area contributed by atoms with Gasteiger partial charge in [-0.15, -0.1) is 0 Å². The normalized spacial score (nSPS) is 25.8. The van der Waals surface area contributed by atoms with Crippen LogP contribution in [0.1, 0.15) is 361 Å². The third kappa shape index (κ3) is 47.1. The highest BCUT2D eigenvalue weighted by molar-refractivity contribution is 5.76. The summed E-state index contributed by atoms with van der Waals surface area (Å²) in [7, 11) is 0. The van der Waals surface area contributed by atoms with Gasteiger partial charge >= 0.3 is 0 Å². The molecule has 12 N–H and O–H groups in total. The van der Waals surface area contributed by atoms with Crippen molar-refractivity contribution >= 4 is 5.91 Å². The van der Waals surface area contributed by atoms with Crippen molar-refractivity contribution in [2.24, 2.45) is 0 Å². The molecule has 3 fully saturated rings. The number of hydrogen-bond donors (Lipinski definition) is 12. The first kappa shape index (κ1) is 98.7. The lowest BCUT2D eigenvalue weighted by molar-refractivity contribution is -0.379. The van der Waals surface area contributed by atoms with E-state index in [0.29, 0.717) is 12.8 Å². The number of hydrogen-bond acceptors (Lipinski definition) is 18. The molecule has 0 saturated carbocycles. The number of rotatable bonds is 71.